The molecule has 0 aliphatic heterocycles. The highest BCUT2D eigenvalue weighted by molar-refractivity contribution is 7.90. The van der Waals surface area contributed by atoms with Gasteiger partial charge in [0.15, 0.2) is 0 Å². The molecule has 16 heavy (non-hydrogen) atoms. The molecule has 6 nitrogen and oxygen atoms in total. The summed E-state index contributed by atoms with van der Waals surface area (Å²) in [5.41, 5.74) is 5.55. The predicted octanol–water partition coefficient (Wildman–Crippen LogP) is -1.57. The molecule has 0 fully saturated rings. The molecule has 0 aromatic rings. The smallest absolute Gasteiger partial charge is 0.236 e. The highest BCUT2D eigenvalue weighted by atomic mass is 32.2. The van der Waals surface area contributed by atoms with E-state index in [2.05, 4.69) is 5.32 Å². The number of hydrogen-bond acceptors (Lipinski definition) is 5. The largest absolute Gasteiger partial charge is 0.353 e. The molecule has 0 rings (SSSR count). The Kier molecular flexibility index (Phi) is 6.54. The van der Waals surface area contributed by atoms with E-state index in [0.29, 0.717) is 6.54 Å². The van der Waals surface area contributed by atoms with Crippen LogP contribution in [0.5, 0.6) is 0 Å². The van der Waals surface area contributed by atoms with Crippen molar-refractivity contribution >= 4 is 15.7 Å². The number of nitrogens with two attached hydrogens (primary N) is 1. The van der Waals surface area contributed by atoms with Gasteiger partial charge in [-0.15, -0.1) is 0 Å². The first kappa shape index (κ1) is 15.3. The Bertz CT molecular complexity index is 314. The molecule has 1 atom stereocenters. The molecule has 0 spiro atoms. The van der Waals surface area contributed by atoms with Crippen molar-refractivity contribution in [3.63, 3.8) is 0 Å². The number of carbonyl (C=O) groups is 1. The van der Waals surface area contributed by atoms with Crippen molar-refractivity contribution in [3.8, 4) is 0 Å². The van der Waals surface area contributed by atoms with Gasteiger partial charge in [-0.3, -0.25) is 4.79 Å². The maximum atomic E-state index is 11.4. The van der Waals surface area contributed by atoms with Crippen LogP contribution in [-0.4, -0.2) is 64.5 Å². The second-order valence-corrected chi connectivity index (χ2v) is 6.38. The fourth-order valence-corrected chi connectivity index (χ4v) is 1.69. The van der Waals surface area contributed by atoms with Crippen LogP contribution in [0.15, 0.2) is 0 Å². The van der Waals surface area contributed by atoms with E-state index >= 15 is 0 Å². The first-order valence-electron chi connectivity index (χ1n) is 5.08. The van der Waals surface area contributed by atoms with Crippen LogP contribution in [0.4, 0.5) is 0 Å². The number of nitrogens with one attached hydrogen (secondary N) is 1. The standard InChI is InChI=1S/C9H21N3O3S/c1-12(2)6-5-11-9(13)8(10)4-7-16(3,14)15/h8H,4-7,10H2,1-3H3,(H,11,13). The zero-order valence-corrected chi connectivity index (χ0v) is 10.9. The van der Waals surface area contributed by atoms with Gasteiger partial charge in [-0.25, -0.2) is 8.42 Å². The summed E-state index contributed by atoms with van der Waals surface area (Å²) in [6, 6.07) is -0.753. The van der Waals surface area contributed by atoms with Gasteiger partial charge in [0.25, 0.3) is 0 Å². The molecule has 0 bridgehead atoms. The lowest BCUT2D eigenvalue weighted by Gasteiger charge is -2.13. The number of likely N-dealkylation sites (N-methyl/N-ethyl adjacent to an activating group) is 1. The van der Waals surface area contributed by atoms with Crippen LogP contribution in [0.2, 0.25) is 0 Å². The molecule has 0 aliphatic carbocycles. The van der Waals surface area contributed by atoms with E-state index in [0.717, 1.165) is 12.8 Å². The highest BCUT2D eigenvalue weighted by Gasteiger charge is 2.15. The van der Waals surface area contributed by atoms with Crippen molar-refractivity contribution in [3.05, 3.63) is 0 Å². The minimum atomic E-state index is -3.05. The lowest BCUT2D eigenvalue weighted by Crippen LogP contribution is -2.43. The fourth-order valence-electron chi connectivity index (χ4n) is 1.01. The molecule has 0 saturated heterocycles. The van der Waals surface area contributed by atoms with Crippen molar-refractivity contribution in [1.29, 1.82) is 0 Å². The van der Waals surface area contributed by atoms with Crippen LogP contribution >= 0.6 is 0 Å². The van der Waals surface area contributed by atoms with E-state index in [9.17, 15) is 13.2 Å². The number of rotatable bonds is 7. The van der Waals surface area contributed by atoms with E-state index in [4.69, 9.17) is 5.73 Å². The van der Waals surface area contributed by atoms with Crippen LogP contribution in [0.25, 0.3) is 0 Å². The Labute approximate surface area is 97.1 Å². The minimum absolute atomic E-state index is 0.0603. The number of nitrogens with zero attached hydrogens (tertiary/aromatic N) is 1. The van der Waals surface area contributed by atoms with Crippen molar-refractivity contribution < 1.29 is 13.2 Å². The Morgan fingerprint density at radius 1 is 1.44 bits per heavy atom. The Morgan fingerprint density at radius 2 is 2.00 bits per heavy atom. The predicted molar refractivity (Wildman–Crippen MR) is 63.9 cm³/mol. The van der Waals surface area contributed by atoms with Gasteiger partial charge in [-0.05, 0) is 20.5 Å². The Balaban J connectivity index is 3.82. The summed E-state index contributed by atoms with van der Waals surface area (Å²) >= 11 is 0. The summed E-state index contributed by atoms with van der Waals surface area (Å²) in [6.07, 6.45) is 1.29. The number of hydrogen-bond donors (Lipinski definition) is 2. The molecule has 0 radical (unpaired) electrons. The quantitative estimate of drug-likeness (QED) is 0.570. The summed E-state index contributed by atoms with van der Waals surface area (Å²) in [7, 11) is 0.742. The summed E-state index contributed by atoms with van der Waals surface area (Å²) in [5, 5.41) is 2.65. The Morgan fingerprint density at radius 3 is 2.44 bits per heavy atom. The molecule has 0 aromatic heterocycles. The normalized spacial score (nSPS) is 13.8. The third-order valence-electron chi connectivity index (χ3n) is 1.99. The second kappa shape index (κ2) is 6.82. The van der Waals surface area contributed by atoms with Crippen LogP contribution in [0, 0.1) is 0 Å². The SMILES string of the molecule is CN(C)CCNC(=O)C(N)CCS(C)(=O)=O. The monoisotopic (exact) mass is 251 g/mol. The first-order valence-corrected chi connectivity index (χ1v) is 7.14. The second-order valence-electron chi connectivity index (χ2n) is 4.12. The first-order chi connectivity index (χ1) is 7.22. The van der Waals surface area contributed by atoms with Crippen LogP contribution in [0.3, 0.4) is 0 Å². The summed E-state index contributed by atoms with van der Waals surface area (Å²) in [5.74, 6) is -0.361. The van der Waals surface area contributed by atoms with Crippen molar-refractivity contribution in [1.82, 2.24) is 10.2 Å². The average Bonchev–Trinajstić information content (AvgIpc) is 2.12. The third-order valence-corrected chi connectivity index (χ3v) is 2.97. The molecule has 96 valence electrons. The van der Waals surface area contributed by atoms with Gasteiger partial charge < -0.3 is 16.0 Å². The fraction of sp³-hybridized carbons (Fsp3) is 0.889. The van der Waals surface area contributed by atoms with E-state index < -0.39 is 15.9 Å². The summed E-state index contributed by atoms with van der Waals surface area (Å²) in [6.45, 7) is 1.24. The minimum Gasteiger partial charge on any atom is -0.353 e. The Hall–Kier alpha value is -0.660. The number of sulfone groups is 1. The van der Waals surface area contributed by atoms with Crippen LogP contribution in [-0.2, 0) is 14.6 Å². The van der Waals surface area contributed by atoms with E-state index in [1.165, 1.54) is 0 Å². The summed E-state index contributed by atoms with van der Waals surface area (Å²) < 4.78 is 21.7. The molecule has 0 saturated carbocycles. The molecular weight excluding hydrogens is 230 g/mol. The van der Waals surface area contributed by atoms with Crippen molar-refractivity contribution in [2.75, 3.05) is 39.2 Å². The lowest BCUT2D eigenvalue weighted by atomic mass is 10.2. The van der Waals surface area contributed by atoms with Crippen molar-refractivity contribution in [2.24, 2.45) is 5.73 Å². The van der Waals surface area contributed by atoms with Crippen molar-refractivity contribution in [2.45, 2.75) is 12.5 Å². The van der Waals surface area contributed by atoms with Gasteiger partial charge in [0.1, 0.15) is 9.84 Å². The van der Waals surface area contributed by atoms with E-state index in [1.54, 1.807) is 0 Å². The molecule has 0 aromatic carbocycles. The summed E-state index contributed by atoms with van der Waals surface area (Å²) in [4.78, 5) is 13.3. The molecular formula is C9H21N3O3S. The maximum absolute atomic E-state index is 11.4. The zero-order valence-electron chi connectivity index (χ0n) is 10.1. The number of carbonyl (C=O) groups excluding carboxylic acids is 1. The lowest BCUT2D eigenvalue weighted by molar-refractivity contribution is -0.122. The maximum Gasteiger partial charge on any atom is 0.236 e. The zero-order chi connectivity index (χ0) is 12.8. The molecule has 1 unspecified atom stereocenters. The molecule has 3 N–H and O–H groups in total. The van der Waals surface area contributed by atoms with Gasteiger partial charge in [0, 0.05) is 19.3 Å². The van der Waals surface area contributed by atoms with Crippen LogP contribution in [0.1, 0.15) is 6.42 Å². The molecule has 7 heteroatoms. The molecule has 1 amide bonds. The average molecular weight is 251 g/mol. The third kappa shape index (κ3) is 8.63. The van der Waals surface area contributed by atoms with Gasteiger partial charge in [-0.1, -0.05) is 0 Å². The van der Waals surface area contributed by atoms with Gasteiger partial charge >= 0.3 is 0 Å². The van der Waals surface area contributed by atoms with E-state index in [1.807, 2.05) is 19.0 Å². The van der Waals surface area contributed by atoms with Gasteiger partial charge in [0.05, 0.1) is 11.8 Å². The molecule has 0 aliphatic rings. The molecule has 0 heterocycles. The van der Waals surface area contributed by atoms with Gasteiger partial charge in [0.2, 0.25) is 5.91 Å². The number of amides is 1. The highest BCUT2D eigenvalue weighted by Crippen LogP contribution is 1.93. The van der Waals surface area contributed by atoms with Gasteiger partial charge in [-0.2, -0.15) is 0 Å². The van der Waals surface area contributed by atoms with Crippen LogP contribution < -0.4 is 11.1 Å². The topological polar surface area (TPSA) is 92.5 Å². The van der Waals surface area contributed by atoms with E-state index in [-0.39, 0.29) is 18.1 Å².